The Kier molecular flexibility index (Phi) is 9.04. The molecule has 1 aromatic rings. The van der Waals surface area contributed by atoms with Crippen LogP contribution < -0.4 is 5.32 Å². The molecule has 0 aromatic heterocycles. The molecular formula is C17H28IN3O2S. The molecule has 1 aliphatic heterocycles. The van der Waals surface area contributed by atoms with E-state index < -0.39 is 9.84 Å². The highest BCUT2D eigenvalue weighted by atomic mass is 127. The minimum absolute atomic E-state index is 0. The fourth-order valence-electron chi connectivity index (χ4n) is 2.93. The highest BCUT2D eigenvalue weighted by Crippen LogP contribution is 2.15. The van der Waals surface area contributed by atoms with E-state index in [0.29, 0.717) is 12.5 Å². The number of aliphatic imine (C=N–C) groups is 1. The van der Waals surface area contributed by atoms with Crippen molar-refractivity contribution in [2.75, 3.05) is 32.4 Å². The van der Waals surface area contributed by atoms with Crippen LogP contribution in [0.5, 0.6) is 0 Å². The van der Waals surface area contributed by atoms with Crippen molar-refractivity contribution in [1.82, 2.24) is 10.2 Å². The normalized spacial score (nSPS) is 18.8. The fraction of sp³-hybridized carbons (Fsp3) is 0.588. The van der Waals surface area contributed by atoms with Crippen molar-refractivity contribution in [2.45, 2.75) is 25.5 Å². The number of hydrogen-bond donors (Lipinski definition) is 1. The van der Waals surface area contributed by atoms with Gasteiger partial charge in [-0.2, -0.15) is 0 Å². The van der Waals surface area contributed by atoms with Crippen molar-refractivity contribution in [1.29, 1.82) is 0 Å². The van der Waals surface area contributed by atoms with Crippen LogP contribution in [0.15, 0.2) is 35.3 Å². The molecule has 0 amide bonds. The quantitative estimate of drug-likeness (QED) is 0.413. The predicted molar refractivity (Wildman–Crippen MR) is 111 cm³/mol. The third-order valence-corrected chi connectivity index (χ3v) is 5.69. The molecule has 24 heavy (non-hydrogen) atoms. The lowest BCUT2D eigenvalue weighted by Gasteiger charge is -2.33. The van der Waals surface area contributed by atoms with Gasteiger partial charge in [-0.25, -0.2) is 8.42 Å². The monoisotopic (exact) mass is 465 g/mol. The summed E-state index contributed by atoms with van der Waals surface area (Å²) in [6.45, 7) is 4.60. The van der Waals surface area contributed by atoms with Crippen LogP contribution in [-0.2, 0) is 15.6 Å². The molecular weight excluding hydrogens is 437 g/mol. The van der Waals surface area contributed by atoms with Crippen LogP contribution in [0.25, 0.3) is 0 Å². The molecule has 5 nitrogen and oxygen atoms in total. The number of hydrogen-bond acceptors (Lipinski definition) is 3. The number of halogens is 1. The summed E-state index contributed by atoms with van der Waals surface area (Å²) in [4.78, 5) is 6.51. The summed E-state index contributed by atoms with van der Waals surface area (Å²) in [5.74, 6) is 1.68. The van der Waals surface area contributed by atoms with Crippen molar-refractivity contribution in [3.8, 4) is 0 Å². The number of piperidine rings is 1. The van der Waals surface area contributed by atoms with Crippen LogP contribution in [-0.4, -0.2) is 51.7 Å². The first-order valence-corrected chi connectivity index (χ1v) is 10.0. The van der Waals surface area contributed by atoms with Gasteiger partial charge in [0.2, 0.25) is 0 Å². The number of likely N-dealkylation sites (tertiary alicyclic amines) is 1. The van der Waals surface area contributed by atoms with Gasteiger partial charge in [-0.05, 0) is 24.3 Å². The third kappa shape index (κ3) is 6.96. The topological polar surface area (TPSA) is 61.8 Å². The summed E-state index contributed by atoms with van der Waals surface area (Å²) in [7, 11) is -1.37. The lowest BCUT2D eigenvalue weighted by atomic mass is 10.0. The average Bonchev–Trinajstić information content (AvgIpc) is 2.52. The highest BCUT2D eigenvalue weighted by Gasteiger charge is 2.19. The molecule has 0 radical (unpaired) electrons. The second-order valence-corrected chi connectivity index (χ2v) is 8.43. The Bertz CT molecular complexity index is 620. The minimum atomic E-state index is -3.12. The van der Waals surface area contributed by atoms with Crippen LogP contribution >= 0.6 is 24.0 Å². The van der Waals surface area contributed by atoms with Gasteiger partial charge in [0.1, 0.15) is 0 Å². The highest BCUT2D eigenvalue weighted by molar-refractivity contribution is 14.0. The number of nitrogens with zero attached hydrogens (tertiary/aromatic N) is 2. The Labute approximate surface area is 162 Å². The van der Waals surface area contributed by atoms with Gasteiger partial charge in [-0.3, -0.25) is 4.99 Å². The van der Waals surface area contributed by atoms with Crippen LogP contribution in [0.4, 0.5) is 0 Å². The molecule has 1 N–H and O–H groups in total. The summed E-state index contributed by atoms with van der Waals surface area (Å²) in [6, 6.07) is 9.31. The zero-order valence-corrected chi connectivity index (χ0v) is 17.6. The van der Waals surface area contributed by atoms with Crippen LogP contribution in [0.2, 0.25) is 0 Å². The minimum Gasteiger partial charge on any atom is -0.355 e. The summed E-state index contributed by atoms with van der Waals surface area (Å²) >= 11 is 0. The Balaban J connectivity index is 0.00000288. The number of sulfone groups is 1. The first-order valence-electron chi connectivity index (χ1n) is 8.20. The molecule has 0 bridgehead atoms. The van der Waals surface area contributed by atoms with Gasteiger partial charge in [0, 0.05) is 26.7 Å². The molecule has 1 unspecified atom stereocenters. The summed E-state index contributed by atoms with van der Waals surface area (Å²) < 4.78 is 24.4. The van der Waals surface area contributed by atoms with Gasteiger partial charge in [0.25, 0.3) is 0 Å². The SMILES string of the molecule is CN=C(NCCS(=O)(=O)Cc1ccccc1)N1CCCC(C)C1.I. The van der Waals surface area contributed by atoms with Crippen molar-refractivity contribution in [2.24, 2.45) is 10.9 Å². The second-order valence-electron chi connectivity index (χ2n) is 6.25. The molecule has 1 fully saturated rings. The number of nitrogens with one attached hydrogen (secondary N) is 1. The fourth-order valence-corrected chi connectivity index (χ4v) is 4.19. The lowest BCUT2D eigenvalue weighted by Crippen LogP contribution is -2.47. The van der Waals surface area contributed by atoms with E-state index in [1.54, 1.807) is 7.05 Å². The molecule has 136 valence electrons. The smallest absolute Gasteiger partial charge is 0.193 e. The summed E-state index contributed by atoms with van der Waals surface area (Å²) in [5, 5.41) is 3.20. The molecule has 0 aliphatic carbocycles. The Morgan fingerprint density at radius 2 is 2.04 bits per heavy atom. The molecule has 0 spiro atoms. The van der Waals surface area contributed by atoms with E-state index in [4.69, 9.17) is 0 Å². The van der Waals surface area contributed by atoms with E-state index in [9.17, 15) is 8.42 Å². The lowest BCUT2D eigenvalue weighted by molar-refractivity contribution is 0.266. The van der Waals surface area contributed by atoms with Crippen molar-refractivity contribution in [3.63, 3.8) is 0 Å². The van der Waals surface area contributed by atoms with E-state index in [0.717, 1.165) is 31.0 Å². The molecule has 1 aromatic carbocycles. The van der Waals surface area contributed by atoms with Crippen LogP contribution in [0.3, 0.4) is 0 Å². The molecule has 7 heteroatoms. The third-order valence-electron chi connectivity index (χ3n) is 4.09. The average molecular weight is 465 g/mol. The maximum Gasteiger partial charge on any atom is 0.193 e. The number of benzene rings is 1. The Hall–Kier alpha value is -0.830. The van der Waals surface area contributed by atoms with Gasteiger partial charge in [-0.15, -0.1) is 24.0 Å². The van der Waals surface area contributed by atoms with E-state index >= 15 is 0 Å². The van der Waals surface area contributed by atoms with E-state index in [1.165, 1.54) is 6.42 Å². The summed E-state index contributed by atoms with van der Waals surface area (Å²) in [6.07, 6.45) is 2.41. The number of rotatable bonds is 5. The standard InChI is InChI=1S/C17H27N3O2S.HI/c1-15-7-6-11-20(13-15)17(18-2)19-10-12-23(21,22)14-16-8-4-3-5-9-16;/h3-5,8-9,15H,6-7,10-14H2,1-2H3,(H,18,19);1H. The van der Waals surface area contributed by atoms with Gasteiger partial charge in [-0.1, -0.05) is 37.3 Å². The zero-order chi connectivity index (χ0) is 16.7. The second kappa shape index (κ2) is 10.2. The van der Waals surface area contributed by atoms with E-state index in [-0.39, 0.29) is 35.5 Å². The summed E-state index contributed by atoms with van der Waals surface area (Å²) in [5.41, 5.74) is 0.835. The molecule has 1 saturated heterocycles. The van der Waals surface area contributed by atoms with Gasteiger partial charge in [0.05, 0.1) is 11.5 Å². The maximum atomic E-state index is 12.2. The van der Waals surface area contributed by atoms with E-state index in [2.05, 4.69) is 22.1 Å². The van der Waals surface area contributed by atoms with Gasteiger partial charge < -0.3 is 10.2 Å². The van der Waals surface area contributed by atoms with Crippen molar-refractivity contribution >= 4 is 39.8 Å². The first-order chi connectivity index (χ1) is 11.0. The Morgan fingerprint density at radius 3 is 2.67 bits per heavy atom. The molecule has 0 saturated carbocycles. The van der Waals surface area contributed by atoms with Crippen molar-refractivity contribution in [3.05, 3.63) is 35.9 Å². The zero-order valence-electron chi connectivity index (χ0n) is 14.4. The van der Waals surface area contributed by atoms with Gasteiger partial charge >= 0.3 is 0 Å². The van der Waals surface area contributed by atoms with Gasteiger partial charge in [0.15, 0.2) is 15.8 Å². The Morgan fingerprint density at radius 1 is 1.33 bits per heavy atom. The molecule has 1 atom stereocenters. The number of guanidine groups is 1. The van der Waals surface area contributed by atoms with E-state index in [1.807, 2.05) is 30.3 Å². The van der Waals surface area contributed by atoms with Crippen molar-refractivity contribution < 1.29 is 8.42 Å². The first kappa shape index (κ1) is 21.2. The molecule has 1 heterocycles. The molecule has 2 rings (SSSR count). The molecule has 1 aliphatic rings. The predicted octanol–water partition coefficient (Wildman–Crippen LogP) is 2.53. The largest absolute Gasteiger partial charge is 0.355 e. The van der Waals surface area contributed by atoms with Crippen LogP contribution in [0.1, 0.15) is 25.3 Å². The maximum absolute atomic E-state index is 12.2. The van der Waals surface area contributed by atoms with Crippen LogP contribution in [0, 0.1) is 5.92 Å².